The average Bonchev–Trinajstić information content (AvgIpc) is 3.29. The molecule has 1 saturated carbocycles. The number of alkyl halides is 3. The van der Waals surface area contributed by atoms with Crippen molar-refractivity contribution >= 4 is 62.8 Å². The van der Waals surface area contributed by atoms with Crippen LogP contribution in [0.4, 0.5) is 0 Å². The van der Waals surface area contributed by atoms with Crippen LogP contribution in [-0.4, -0.2) is 48.8 Å². The first-order chi connectivity index (χ1) is 18.6. The van der Waals surface area contributed by atoms with Crippen LogP contribution >= 0.6 is 39.1 Å². The Balaban J connectivity index is 1.45. The second-order valence-electron chi connectivity index (χ2n) is 10.3. The molecule has 2 aliphatic carbocycles. The Labute approximate surface area is 242 Å². The van der Waals surface area contributed by atoms with Gasteiger partial charge in [-0.3, -0.25) is 29.4 Å². The maximum Gasteiger partial charge on any atom is 0.254 e. The first-order valence-electron chi connectivity index (χ1n) is 12.5. The highest BCUT2D eigenvalue weighted by atomic mass is 79.9. The van der Waals surface area contributed by atoms with Gasteiger partial charge in [0, 0.05) is 17.5 Å². The minimum absolute atomic E-state index is 0.102. The van der Waals surface area contributed by atoms with Gasteiger partial charge in [-0.15, -0.1) is 23.2 Å². The third-order valence-electron chi connectivity index (χ3n) is 8.42. The van der Waals surface area contributed by atoms with E-state index in [1.165, 1.54) is 6.07 Å². The average molecular weight is 634 g/mol. The van der Waals surface area contributed by atoms with Gasteiger partial charge in [-0.05, 0) is 30.4 Å². The maximum absolute atomic E-state index is 13.7. The molecule has 6 atom stereocenters. The lowest BCUT2D eigenvalue weighted by atomic mass is 9.56. The van der Waals surface area contributed by atoms with Gasteiger partial charge in [0.25, 0.3) is 11.8 Å². The van der Waals surface area contributed by atoms with Crippen molar-refractivity contribution in [2.75, 3.05) is 5.45 Å². The molecule has 0 unspecified atom stereocenters. The molecule has 4 aliphatic rings. The number of likely N-dealkylation sites (tertiary alicyclic amines) is 1. The van der Waals surface area contributed by atoms with Crippen molar-refractivity contribution in [1.29, 1.82) is 0 Å². The number of imide groups is 2. The molecule has 0 spiro atoms. The highest BCUT2D eigenvalue weighted by Gasteiger charge is 2.76. The van der Waals surface area contributed by atoms with Crippen LogP contribution in [0.3, 0.4) is 0 Å². The van der Waals surface area contributed by atoms with E-state index in [9.17, 15) is 24.3 Å². The number of phenols is 1. The fourth-order valence-electron chi connectivity index (χ4n) is 6.61. The normalized spacial score (nSPS) is 33.3. The molecular formula is C28H23BrCl2N2O6. The Bertz CT molecular complexity index is 1450. The number of hydrogen-bond donors (Lipinski definition) is 2. The van der Waals surface area contributed by atoms with E-state index in [0.29, 0.717) is 11.3 Å². The summed E-state index contributed by atoms with van der Waals surface area (Å²) in [6, 6.07) is 14.2. The molecule has 2 aromatic rings. The third-order valence-corrected chi connectivity index (χ3v) is 10.3. The van der Waals surface area contributed by atoms with E-state index in [1.807, 2.05) is 36.4 Å². The van der Waals surface area contributed by atoms with Crippen LogP contribution in [0.15, 0.2) is 60.2 Å². The van der Waals surface area contributed by atoms with E-state index < -0.39 is 51.1 Å². The maximum atomic E-state index is 13.7. The van der Waals surface area contributed by atoms with Gasteiger partial charge in [0.15, 0.2) is 9.75 Å². The number of hydrogen-bond acceptors (Lipinski definition) is 6. The number of fused-ring (bicyclic) bond motifs is 4. The molecule has 11 heteroatoms. The smallest absolute Gasteiger partial charge is 0.254 e. The monoisotopic (exact) mass is 632 g/mol. The Morgan fingerprint density at radius 1 is 1.03 bits per heavy atom. The van der Waals surface area contributed by atoms with Crippen molar-refractivity contribution in [3.8, 4) is 11.5 Å². The van der Waals surface area contributed by atoms with E-state index in [-0.39, 0.29) is 42.1 Å². The number of carbonyl (C=O) groups excluding carboxylic acids is 4. The minimum atomic E-state index is -1.97. The first-order valence-corrected chi connectivity index (χ1v) is 14.3. The predicted molar refractivity (Wildman–Crippen MR) is 145 cm³/mol. The van der Waals surface area contributed by atoms with E-state index in [2.05, 4.69) is 21.2 Å². The lowest BCUT2D eigenvalue weighted by Crippen LogP contribution is -2.60. The molecule has 2 aromatic carbocycles. The molecule has 4 amide bonds. The Hall–Kier alpha value is -2.88. The number of rotatable bonds is 5. The van der Waals surface area contributed by atoms with Crippen LogP contribution < -0.4 is 10.1 Å². The summed E-state index contributed by atoms with van der Waals surface area (Å²) in [4.78, 5) is 49.7. The second kappa shape index (κ2) is 9.35. The van der Waals surface area contributed by atoms with E-state index in [0.717, 1.165) is 10.5 Å². The summed E-state index contributed by atoms with van der Waals surface area (Å²) in [7, 11) is 0. The summed E-state index contributed by atoms with van der Waals surface area (Å²) in [5.41, 5.74) is 1.71. The molecule has 2 heterocycles. The Morgan fingerprint density at radius 3 is 2.46 bits per heavy atom. The second-order valence-corrected chi connectivity index (χ2v) is 12.1. The van der Waals surface area contributed by atoms with Crippen LogP contribution in [0.1, 0.15) is 29.9 Å². The number of halogens is 3. The molecule has 0 bridgehead atoms. The van der Waals surface area contributed by atoms with Gasteiger partial charge in [0.05, 0.1) is 17.3 Å². The third kappa shape index (κ3) is 3.69. The number of carbonyl (C=O) groups is 4. The zero-order chi connectivity index (χ0) is 27.7. The van der Waals surface area contributed by atoms with Crippen molar-refractivity contribution in [2.45, 2.75) is 35.1 Å². The van der Waals surface area contributed by atoms with Crippen molar-refractivity contribution in [3.05, 3.63) is 71.3 Å². The molecule has 202 valence electrons. The Kier molecular flexibility index (Phi) is 6.32. The number of nitrogens with one attached hydrogen (secondary N) is 1. The highest BCUT2D eigenvalue weighted by molar-refractivity contribution is 9.09. The summed E-state index contributed by atoms with van der Waals surface area (Å²) in [5.74, 6) is -5.02. The molecule has 6 rings (SSSR count). The summed E-state index contributed by atoms with van der Waals surface area (Å²) in [6.07, 6.45) is 1.97. The molecule has 8 nitrogen and oxygen atoms in total. The van der Waals surface area contributed by atoms with Gasteiger partial charge in [0.1, 0.15) is 18.1 Å². The zero-order valence-corrected chi connectivity index (χ0v) is 23.5. The van der Waals surface area contributed by atoms with Crippen LogP contribution in [0.25, 0.3) is 0 Å². The van der Waals surface area contributed by atoms with Gasteiger partial charge in [-0.2, -0.15) is 0 Å². The minimum Gasteiger partial charge on any atom is -0.508 e. The lowest BCUT2D eigenvalue weighted by molar-refractivity contribution is -0.138. The number of aromatic hydroxyl groups is 1. The van der Waals surface area contributed by atoms with Gasteiger partial charge in [0.2, 0.25) is 11.8 Å². The fraction of sp³-hybridized carbons (Fsp3) is 0.357. The van der Waals surface area contributed by atoms with Crippen molar-refractivity contribution in [2.24, 2.45) is 17.8 Å². The molecule has 0 aromatic heterocycles. The lowest BCUT2D eigenvalue weighted by Gasteiger charge is -2.50. The quantitative estimate of drug-likeness (QED) is 0.223. The highest BCUT2D eigenvalue weighted by Crippen LogP contribution is 2.65. The van der Waals surface area contributed by atoms with Crippen molar-refractivity contribution in [1.82, 2.24) is 10.2 Å². The number of amides is 4. The van der Waals surface area contributed by atoms with Gasteiger partial charge in [-0.25, -0.2) is 0 Å². The number of benzene rings is 2. The largest absolute Gasteiger partial charge is 0.508 e. The molecular weight excluding hydrogens is 611 g/mol. The topological polar surface area (TPSA) is 113 Å². The predicted octanol–water partition coefficient (Wildman–Crippen LogP) is 3.97. The molecule has 39 heavy (non-hydrogen) atoms. The van der Waals surface area contributed by atoms with Crippen LogP contribution in [-0.2, 0) is 25.8 Å². The molecule has 0 radical (unpaired) electrons. The fourth-order valence-corrected chi connectivity index (χ4v) is 8.02. The number of nitrogens with zero attached hydrogens (tertiary/aromatic N) is 1. The van der Waals surface area contributed by atoms with E-state index in [4.69, 9.17) is 27.9 Å². The molecule has 2 N–H and O–H groups in total. The van der Waals surface area contributed by atoms with E-state index in [1.54, 1.807) is 12.1 Å². The van der Waals surface area contributed by atoms with Gasteiger partial charge >= 0.3 is 0 Å². The number of ether oxygens (including phenoxy) is 1. The summed E-state index contributed by atoms with van der Waals surface area (Å²) in [5, 5.41) is 13.6. The standard InChI is InChI=1S/C28H23BrCl2N2O6/c29-13-33-25(37)27(30)11-19-16(8-9-18-21(19)24(36)32-23(18)35)22(28(27,31)26(33)38)17-7-6-15(10-20(17)34)39-12-14-4-2-1-3-5-14/h1-8,10,18-19,21-22,34H,9,11-13H2,(H,32,35,36)/t18-,19+,21-,22+,27+,28-/m0/s1. The van der Waals surface area contributed by atoms with E-state index >= 15 is 0 Å². The van der Waals surface area contributed by atoms with Gasteiger partial charge in [-0.1, -0.05) is 64.0 Å². The summed E-state index contributed by atoms with van der Waals surface area (Å²) >= 11 is 17.4. The van der Waals surface area contributed by atoms with Crippen LogP contribution in [0.5, 0.6) is 11.5 Å². The number of allylic oxidation sites excluding steroid dienone is 2. The summed E-state index contributed by atoms with van der Waals surface area (Å²) in [6.45, 7) is 0.278. The van der Waals surface area contributed by atoms with Crippen molar-refractivity contribution < 1.29 is 29.0 Å². The molecule has 3 fully saturated rings. The SMILES string of the molecule is O=C1NC(=O)[C@H]2CC=C3[C@@H](C[C@@]4(Cl)C(=O)N(CBr)C(=O)[C@@]4(Cl)[C@H]3c3ccc(OCc4ccccc4)cc3O)[C@@H]12. The van der Waals surface area contributed by atoms with Crippen LogP contribution in [0.2, 0.25) is 0 Å². The Morgan fingerprint density at radius 2 is 1.77 bits per heavy atom. The summed E-state index contributed by atoms with van der Waals surface area (Å²) < 4.78 is 5.85. The van der Waals surface area contributed by atoms with Crippen LogP contribution in [0, 0.1) is 17.8 Å². The molecule has 2 saturated heterocycles. The zero-order valence-electron chi connectivity index (χ0n) is 20.4. The van der Waals surface area contributed by atoms with Gasteiger partial charge < -0.3 is 9.84 Å². The van der Waals surface area contributed by atoms with Crippen molar-refractivity contribution in [3.63, 3.8) is 0 Å². The first kappa shape index (κ1) is 26.3. The number of phenolic OH excluding ortho intramolecular Hbond substituents is 1. The molecule has 2 aliphatic heterocycles.